The van der Waals surface area contributed by atoms with E-state index >= 15 is 0 Å². The molecule has 0 aliphatic rings. The third-order valence-electron chi connectivity index (χ3n) is 1.31. The number of carboxylic acids is 1. The molecule has 0 spiro atoms. The Balaban J connectivity index is -0.000000980. The van der Waals surface area contributed by atoms with E-state index in [0.717, 1.165) is 0 Å². The number of aliphatic hydroxyl groups excluding tert-OH is 2. The minimum Gasteiger partial charge on any atom is -1.00 e. The summed E-state index contributed by atoms with van der Waals surface area (Å²) >= 11 is 0. The molecule has 0 aromatic carbocycles. The first-order valence-corrected chi connectivity index (χ1v) is 5.36. The summed E-state index contributed by atoms with van der Waals surface area (Å²) in [7, 11) is -4.27. The monoisotopic (exact) mass is 250 g/mol. The van der Waals surface area contributed by atoms with Crippen LogP contribution >= 0.6 is 7.60 Å². The molecule has 0 saturated carbocycles. The molecule has 0 atom stereocenters. The van der Waals surface area contributed by atoms with Crippen LogP contribution in [0.25, 0.3) is 0 Å². The Labute approximate surface area is 105 Å². The first-order valence-electron chi connectivity index (χ1n) is 3.82. The fraction of sp³-hybridized carbons (Fsp3) is 0.667. The van der Waals surface area contributed by atoms with Gasteiger partial charge in [0.2, 0.25) is 5.52 Å². The van der Waals surface area contributed by atoms with Crippen LogP contribution < -0.4 is 18.9 Å². The molecular weight excluding hydrogens is 238 g/mol. The molecule has 3 N–H and O–H groups in total. The number of carbonyl (C=O) groups excluding carboxylic acids is 1. The van der Waals surface area contributed by atoms with Gasteiger partial charge in [-0.15, -0.1) is 0 Å². The van der Waals surface area contributed by atoms with Gasteiger partial charge in [-0.25, -0.2) is 0 Å². The summed E-state index contributed by atoms with van der Waals surface area (Å²) in [5.41, 5.74) is -1.10. The van der Waals surface area contributed by atoms with Gasteiger partial charge in [0.1, 0.15) is 0 Å². The number of rotatable bonds is 8. The van der Waals surface area contributed by atoms with E-state index in [1.165, 1.54) is 0 Å². The molecule has 0 aliphatic carbocycles. The largest absolute Gasteiger partial charge is 1.00 e. The van der Waals surface area contributed by atoms with Crippen molar-refractivity contribution < 1.29 is 58.8 Å². The number of carboxylic acid groups (broad SMARTS) is 1. The molecule has 16 heavy (non-hydrogen) atoms. The van der Waals surface area contributed by atoms with E-state index in [1.54, 1.807) is 0 Å². The maximum atomic E-state index is 11.4. The molecule has 0 amide bonds. The minimum atomic E-state index is -4.27. The van der Waals surface area contributed by atoms with Crippen molar-refractivity contribution in [1.82, 2.24) is 0 Å². The topological polar surface area (TPSA) is 130 Å². The van der Waals surface area contributed by atoms with Gasteiger partial charge in [0, 0.05) is 6.42 Å². The number of carbonyl (C=O) groups is 2. The molecule has 0 rings (SSSR count). The molecular formula is C6H12LiO8P. The standard InChI is InChI=1S/C6H11O8P.Li.H/c7-3-13-15(12,14-4-8)6(11)2-1-5(9)10;;/h7-8H,1-4H2,(H,9,10);;/q;+1;-1. The molecule has 0 fully saturated rings. The molecule has 0 bridgehead atoms. The summed E-state index contributed by atoms with van der Waals surface area (Å²) in [5, 5.41) is 24.9. The van der Waals surface area contributed by atoms with Crippen molar-refractivity contribution in [3.8, 4) is 0 Å². The molecule has 0 radical (unpaired) electrons. The Bertz CT molecular complexity index is 275. The van der Waals surface area contributed by atoms with Crippen LogP contribution in [0.4, 0.5) is 0 Å². The Morgan fingerprint density at radius 1 is 1.12 bits per heavy atom. The fourth-order valence-corrected chi connectivity index (χ4v) is 1.74. The van der Waals surface area contributed by atoms with Crippen molar-refractivity contribution in [3.63, 3.8) is 0 Å². The summed E-state index contributed by atoms with van der Waals surface area (Å²) < 4.78 is 19.7. The zero-order chi connectivity index (χ0) is 11.9. The maximum Gasteiger partial charge on any atom is 1.00 e. The van der Waals surface area contributed by atoms with Crippen molar-refractivity contribution in [1.29, 1.82) is 0 Å². The molecule has 90 valence electrons. The van der Waals surface area contributed by atoms with Gasteiger partial charge in [-0.3, -0.25) is 23.2 Å². The van der Waals surface area contributed by atoms with E-state index in [2.05, 4.69) is 9.05 Å². The van der Waals surface area contributed by atoms with Crippen LogP contribution in [0.5, 0.6) is 0 Å². The molecule has 0 heterocycles. The maximum absolute atomic E-state index is 11.4. The van der Waals surface area contributed by atoms with Gasteiger partial charge < -0.3 is 16.7 Å². The number of hydrogen-bond donors (Lipinski definition) is 3. The summed E-state index contributed by atoms with van der Waals surface area (Å²) in [4.78, 5) is 21.3. The Morgan fingerprint density at radius 3 is 1.88 bits per heavy atom. The van der Waals surface area contributed by atoms with Gasteiger partial charge in [0.25, 0.3) is 0 Å². The van der Waals surface area contributed by atoms with Gasteiger partial charge in [0.05, 0.1) is 6.42 Å². The van der Waals surface area contributed by atoms with Crippen LogP contribution in [0.15, 0.2) is 0 Å². The van der Waals surface area contributed by atoms with Crippen molar-refractivity contribution >= 4 is 19.1 Å². The van der Waals surface area contributed by atoms with Crippen LogP contribution in [0.3, 0.4) is 0 Å². The molecule has 0 aromatic heterocycles. The molecule has 8 nitrogen and oxygen atoms in total. The number of hydrogen-bond acceptors (Lipinski definition) is 7. The van der Waals surface area contributed by atoms with Crippen LogP contribution in [0.1, 0.15) is 14.3 Å². The average Bonchev–Trinajstić information content (AvgIpc) is 2.14. The SMILES string of the molecule is O=C(O)CCC(=O)P(=O)(OCO)OCO.[H-].[Li+]. The first kappa shape index (κ1) is 18.2. The van der Waals surface area contributed by atoms with Crippen molar-refractivity contribution in [2.75, 3.05) is 13.6 Å². The van der Waals surface area contributed by atoms with Gasteiger partial charge in [0.15, 0.2) is 13.6 Å². The number of aliphatic carboxylic acids is 1. The van der Waals surface area contributed by atoms with Gasteiger partial charge in [-0.05, 0) is 0 Å². The van der Waals surface area contributed by atoms with Crippen LogP contribution in [0.2, 0.25) is 0 Å². The van der Waals surface area contributed by atoms with Crippen LogP contribution in [-0.2, 0) is 23.2 Å². The van der Waals surface area contributed by atoms with E-state index in [1.807, 2.05) is 0 Å². The fourth-order valence-electron chi connectivity index (χ4n) is 0.684. The normalized spacial score (nSPS) is 10.6. The van der Waals surface area contributed by atoms with E-state index in [0.29, 0.717) is 0 Å². The average molecular weight is 250 g/mol. The minimum absolute atomic E-state index is 0. The van der Waals surface area contributed by atoms with Gasteiger partial charge in [-0.1, -0.05) is 0 Å². The van der Waals surface area contributed by atoms with E-state index in [-0.39, 0.29) is 20.3 Å². The zero-order valence-electron chi connectivity index (χ0n) is 9.66. The van der Waals surface area contributed by atoms with Crippen LogP contribution in [0, 0.1) is 0 Å². The van der Waals surface area contributed by atoms with Crippen molar-refractivity contribution in [2.45, 2.75) is 12.8 Å². The second kappa shape index (κ2) is 8.90. The Hall–Kier alpha value is -0.193. The molecule has 0 aromatic rings. The Morgan fingerprint density at radius 2 is 1.56 bits per heavy atom. The summed E-state index contributed by atoms with van der Waals surface area (Å²) in [5.74, 6) is -1.25. The van der Waals surface area contributed by atoms with E-state index in [4.69, 9.17) is 15.3 Å². The quantitative estimate of drug-likeness (QED) is 0.231. The predicted molar refractivity (Wildman–Crippen MR) is 46.9 cm³/mol. The van der Waals surface area contributed by atoms with Gasteiger partial charge in [-0.2, -0.15) is 0 Å². The molecule has 10 heteroatoms. The third-order valence-corrected chi connectivity index (χ3v) is 3.06. The van der Waals surface area contributed by atoms with Crippen molar-refractivity contribution in [3.05, 3.63) is 0 Å². The summed E-state index contributed by atoms with van der Waals surface area (Å²) in [6.07, 6.45) is -1.10. The van der Waals surface area contributed by atoms with E-state index in [9.17, 15) is 14.2 Å². The first-order chi connectivity index (χ1) is 6.96. The third kappa shape index (κ3) is 6.40. The second-order valence-electron chi connectivity index (χ2n) is 2.30. The second-order valence-corrected chi connectivity index (χ2v) is 4.31. The van der Waals surface area contributed by atoms with Gasteiger partial charge >= 0.3 is 32.4 Å². The van der Waals surface area contributed by atoms with Crippen LogP contribution in [-0.4, -0.2) is 40.4 Å². The number of aliphatic hydroxyl groups is 2. The predicted octanol–water partition coefficient (Wildman–Crippen LogP) is -3.38. The molecule has 0 aliphatic heterocycles. The van der Waals surface area contributed by atoms with Crippen molar-refractivity contribution in [2.24, 2.45) is 0 Å². The van der Waals surface area contributed by atoms with E-state index < -0.39 is 45.5 Å². The summed E-state index contributed by atoms with van der Waals surface area (Å²) in [6.45, 7) is -2.06. The Kier molecular flexibility index (Phi) is 10.1. The smallest absolute Gasteiger partial charge is 1.00 e. The zero-order valence-corrected chi connectivity index (χ0v) is 9.55. The summed E-state index contributed by atoms with van der Waals surface area (Å²) in [6, 6.07) is 0. The molecule has 0 saturated heterocycles. The molecule has 0 unspecified atom stereocenters.